The number of hydrogen-bond donors (Lipinski definition) is 3. The van der Waals surface area contributed by atoms with Crippen LogP contribution in [0.2, 0.25) is 0 Å². The summed E-state index contributed by atoms with van der Waals surface area (Å²) < 4.78 is 0. The molecule has 0 radical (unpaired) electrons. The molecule has 0 aliphatic heterocycles. The smallest absolute Gasteiger partial charge is 0.401 e. The fourth-order valence-electron chi connectivity index (χ4n) is 4.05. The molecule has 0 fully saturated rings. The van der Waals surface area contributed by atoms with Crippen LogP contribution in [0.5, 0.6) is 0 Å². The van der Waals surface area contributed by atoms with E-state index in [2.05, 4.69) is 0 Å². The molecule has 0 aliphatic rings. The lowest BCUT2D eigenvalue weighted by Crippen LogP contribution is -2.67. The van der Waals surface area contributed by atoms with Crippen molar-refractivity contribution < 1.29 is 14.4 Å². The van der Waals surface area contributed by atoms with Gasteiger partial charge in [0, 0.05) is 0 Å². The zero-order chi connectivity index (χ0) is 24.6. The Hall–Kier alpha value is -3.59. The third-order valence-corrected chi connectivity index (χ3v) is 11.7. The molecule has 0 heterocycles. The second kappa shape index (κ2) is 11.2. The second-order valence-electron chi connectivity index (χ2n) is 8.21. The van der Waals surface area contributed by atoms with E-state index in [-0.39, 0.29) is 0 Å². The highest BCUT2D eigenvalue weighted by Crippen LogP contribution is 2.04. The summed E-state index contributed by atoms with van der Waals surface area (Å²) in [6, 6.07) is 47.9. The molecule has 174 valence electrons. The lowest BCUT2D eigenvalue weighted by molar-refractivity contribution is 0.401. The van der Waals surface area contributed by atoms with Gasteiger partial charge in [-0.05, 0) is 25.9 Å². The van der Waals surface area contributed by atoms with Gasteiger partial charge in [0.2, 0.25) is 0 Å². The minimum Gasteiger partial charge on any atom is -0.421 e. The summed E-state index contributed by atoms with van der Waals surface area (Å²) >= 11 is 0. The Morgan fingerprint density at radius 2 is 0.486 bits per heavy atom. The van der Waals surface area contributed by atoms with Crippen molar-refractivity contribution in [1.29, 1.82) is 0 Å². The first-order valence-electron chi connectivity index (χ1n) is 11.5. The van der Waals surface area contributed by atoms with E-state index in [0.717, 1.165) is 15.6 Å². The van der Waals surface area contributed by atoms with Gasteiger partial charge in [-0.25, -0.2) is 0 Å². The lowest BCUT2D eigenvalue weighted by atomic mass is 10.3. The van der Waals surface area contributed by atoms with E-state index < -0.39 is 16.9 Å². The summed E-state index contributed by atoms with van der Waals surface area (Å²) in [5.41, 5.74) is 0. The van der Waals surface area contributed by atoms with Crippen LogP contribution >= 0.6 is 0 Å². The predicted molar refractivity (Wildman–Crippen MR) is 149 cm³/mol. The molecule has 0 aromatic heterocycles. The van der Waals surface area contributed by atoms with Gasteiger partial charge >= 0.3 is 8.56 Å². The van der Waals surface area contributed by atoms with Crippen molar-refractivity contribution in [2.45, 2.75) is 0 Å². The first-order valence-corrected chi connectivity index (χ1v) is 15.3. The molecule has 0 saturated carbocycles. The molecule has 5 rings (SSSR count). The van der Waals surface area contributed by atoms with Gasteiger partial charge < -0.3 is 14.4 Å². The number of rotatable bonds is 5. The molecule has 5 aromatic rings. The summed E-state index contributed by atoms with van der Waals surface area (Å²) in [6.07, 6.45) is 0. The van der Waals surface area contributed by atoms with Crippen LogP contribution in [0, 0.1) is 0 Å². The van der Waals surface area contributed by atoms with E-state index in [1.807, 2.05) is 127 Å². The van der Waals surface area contributed by atoms with Crippen LogP contribution in [-0.4, -0.2) is 31.3 Å². The molecule has 3 nitrogen and oxygen atoms in total. The van der Waals surface area contributed by atoms with Crippen molar-refractivity contribution in [2.24, 2.45) is 0 Å². The largest absolute Gasteiger partial charge is 0.421 e. The third kappa shape index (κ3) is 5.57. The summed E-state index contributed by atoms with van der Waals surface area (Å²) in [5.74, 6) is 0. The molecule has 3 N–H and O–H groups in total. The maximum absolute atomic E-state index is 11.6. The molecular weight excluding hydrogens is 464 g/mol. The SMILES string of the molecule is O[Si](O)(c1ccccc1)c1ccccc1.O[Si](c1ccccc1)(c1ccccc1)c1ccccc1. The van der Waals surface area contributed by atoms with Gasteiger partial charge in [-0.2, -0.15) is 0 Å². The van der Waals surface area contributed by atoms with Crippen molar-refractivity contribution in [3.63, 3.8) is 0 Å². The van der Waals surface area contributed by atoms with Crippen LogP contribution in [0.4, 0.5) is 0 Å². The third-order valence-electron chi connectivity index (χ3n) is 5.93. The Bertz CT molecular complexity index is 1160. The molecule has 0 aliphatic carbocycles. The Balaban J connectivity index is 0.000000172. The standard InChI is InChI=1S/C18H16OSi.C12H12O2Si/c19-20(16-10-4-1-5-11-16,17-12-6-2-7-13-17)18-14-8-3-9-15-18;13-15(14,11-7-3-1-4-8-11)12-9-5-2-6-10-12/h1-15,19H;1-10,13-14H. The van der Waals surface area contributed by atoms with Crippen LogP contribution in [0.1, 0.15) is 0 Å². The van der Waals surface area contributed by atoms with Crippen molar-refractivity contribution in [1.82, 2.24) is 0 Å². The molecule has 0 bridgehead atoms. The average molecular weight is 493 g/mol. The van der Waals surface area contributed by atoms with E-state index in [1.165, 1.54) is 0 Å². The summed E-state index contributed by atoms with van der Waals surface area (Å²) in [6.45, 7) is 0. The van der Waals surface area contributed by atoms with E-state index in [1.54, 1.807) is 24.3 Å². The molecule has 0 saturated heterocycles. The molecule has 0 unspecified atom stereocenters. The number of benzene rings is 5. The van der Waals surface area contributed by atoms with Gasteiger partial charge in [-0.15, -0.1) is 0 Å². The first-order chi connectivity index (χ1) is 17.0. The molecular formula is C30H28O3Si2. The molecule has 0 atom stereocenters. The van der Waals surface area contributed by atoms with E-state index in [9.17, 15) is 14.4 Å². The summed E-state index contributed by atoms with van der Waals surface area (Å²) in [5, 5.41) is 4.25. The second-order valence-corrected chi connectivity index (χ2v) is 13.9. The van der Waals surface area contributed by atoms with Gasteiger partial charge in [-0.3, -0.25) is 0 Å². The van der Waals surface area contributed by atoms with Gasteiger partial charge in [0.1, 0.15) is 0 Å². The fraction of sp³-hybridized carbons (Fsp3) is 0. The van der Waals surface area contributed by atoms with Crippen molar-refractivity contribution in [2.75, 3.05) is 0 Å². The summed E-state index contributed by atoms with van der Waals surface area (Å²) in [4.78, 5) is 31.9. The zero-order valence-electron chi connectivity index (χ0n) is 19.3. The Labute approximate surface area is 208 Å². The Morgan fingerprint density at radius 3 is 0.714 bits per heavy atom. The van der Waals surface area contributed by atoms with Gasteiger partial charge in [0.05, 0.1) is 0 Å². The number of hydrogen-bond acceptors (Lipinski definition) is 3. The zero-order valence-corrected chi connectivity index (χ0v) is 21.3. The molecule has 5 aromatic carbocycles. The topological polar surface area (TPSA) is 60.7 Å². The van der Waals surface area contributed by atoms with E-state index in [0.29, 0.717) is 10.4 Å². The monoisotopic (exact) mass is 492 g/mol. The van der Waals surface area contributed by atoms with Crippen molar-refractivity contribution in [3.8, 4) is 0 Å². The van der Waals surface area contributed by atoms with Crippen molar-refractivity contribution >= 4 is 42.8 Å². The van der Waals surface area contributed by atoms with Gasteiger partial charge in [-0.1, -0.05) is 152 Å². The van der Waals surface area contributed by atoms with Crippen LogP contribution in [0.3, 0.4) is 0 Å². The average Bonchev–Trinajstić information content (AvgIpc) is 2.95. The highest BCUT2D eigenvalue weighted by molar-refractivity contribution is 7.06. The summed E-state index contributed by atoms with van der Waals surface area (Å²) in [7, 11) is -6.33. The predicted octanol–water partition coefficient (Wildman–Crippen LogP) is 1.87. The minimum atomic E-state index is -3.46. The van der Waals surface area contributed by atoms with Crippen LogP contribution < -0.4 is 25.9 Å². The maximum Gasteiger partial charge on any atom is 0.401 e. The fourth-order valence-corrected chi connectivity index (χ4v) is 8.72. The Morgan fingerprint density at radius 1 is 0.286 bits per heavy atom. The van der Waals surface area contributed by atoms with Crippen LogP contribution in [0.15, 0.2) is 152 Å². The normalized spacial score (nSPS) is 11.3. The Kier molecular flexibility index (Phi) is 7.87. The lowest BCUT2D eigenvalue weighted by Gasteiger charge is -2.26. The van der Waals surface area contributed by atoms with E-state index in [4.69, 9.17) is 0 Å². The quantitative estimate of drug-likeness (QED) is 0.259. The van der Waals surface area contributed by atoms with Crippen molar-refractivity contribution in [3.05, 3.63) is 152 Å². The highest BCUT2D eigenvalue weighted by atomic mass is 28.4. The van der Waals surface area contributed by atoms with Crippen LogP contribution in [-0.2, 0) is 0 Å². The molecule has 0 spiro atoms. The molecule has 35 heavy (non-hydrogen) atoms. The minimum absolute atomic E-state index is 0.608. The molecule has 5 heteroatoms. The maximum atomic E-state index is 11.6. The highest BCUT2D eigenvalue weighted by Gasteiger charge is 2.37. The van der Waals surface area contributed by atoms with Gasteiger partial charge in [0.25, 0.3) is 8.32 Å². The molecule has 0 amide bonds. The first kappa shape index (κ1) is 24.5. The van der Waals surface area contributed by atoms with Gasteiger partial charge in [0.15, 0.2) is 0 Å². The van der Waals surface area contributed by atoms with Crippen LogP contribution in [0.25, 0.3) is 0 Å². The van der Waals surface area contributed by atoms with E-state index >= 15 is 0 Å².